The summed E-state index contributed by atoms with van der Waals surface area (Å²) in [5.41, 5.74) is 0. The third kappa shape index (κ3) is 59.7. The van der Waals surface area contributed by atoms with E-state index in [0.29, 0.717) is 6.42 Å². The molecule has 4 heteroatoms. The molecule has 0 aromatic rings. The van der Waals surface area contributed by atoms with Gasteiger partial charge in [-0.05, 0) is 103 Å². The van der Waals surface area contributed by atoms with Crippen LogP contribution in [0.25, 0.3) is 0 Å². The number of hydrogen-bond acceptors (Lipinski definition) is 3. The van der Waals surface area contributed by atoms with E-state index in [-0.39, 0.29) is 12.5 Å². The van der Waals surface area contributed by atoms with Gasteiger partial charge in [0, 0.05) is 6.42 Å². The highest BCUT2D eigenvalue weighted by Crippen LogP contribution is 2.16. The Kier molecular flexibility index (Phi) is 61.3. The Morgan fingerprint density at radius 3 is 0.946 bits per heavy atom. The molecule has 4 nitrogen and oxygen atoms in total. The molecular formula is C70H121NO3. The topological polar surface area (TPSA) is 69.6 Å². The highest BCUT2D eigenvalue weighted by molar-refractivity contribution is 5.76. The molecule has 0 heterocycles. The van der Waals surface area contributed by atoms with Crippen LogP contribution in [-0.2, 0) is 4.79 Å². The Balaban J connectivity index is 3.57. The molecule has 424 valence electrons. The second kappa shape index (κ2) is 64.1. The standard InChI is InChI=1S/C70H121NO3/c1-3-5-7-9-11-13-15-17-19-21-23-25-27-29-30-31-32-33-34-35-36-37-38-39-40-42-44-46-48-50-52-54-56-58-60-62-64-66-70(74)71-68(67-72)69(73)65-63-61-59-57-55-53-51-49-47-45-43-41-28-26-24-22-20-18-16-14-12-10-8-6-4-2/h5,7,11,13,17,19,23,25,29-30,32-33,35-36,47,49,55,57,63,65,68-69,72-73H,3-4,6,8-10,12,14-16,18,20-22,24,26-28,31,34,37-46,48,50-54,56,58-62,64,66-67H2,1-2H3,(H,71,74)/b7-5-,13-11-,19-17-,25-23-,30-29-,33-32-,36-35-,49-47+,57-55+,65-63+. The van der Waals surface area contributed by atoms with Crippen molar-refractivity contribution < 1.29 is 15.0 Å². The fourth-order valence-corrected chi connectivity index (χ4v) is 9.13. The Morgan fingerprint density at radius 2 is 0.608 bits per heavy atom. The zero-order chi connectivity index (χ0) is 53.4. The van der Waals surface area contributed by atoms with E-state index in [1.165, 1.54) is 193 Å². The minimum Gasteiger partial charge on any atom is -0.394 e. The third-order valence-corrected chi connectivity index (χ3v) is 13.9. The SMILES string of the molecule is CC/C=C\C/C=C\C/C=C\C/C=C\C/C=C\C/C=C\C/C=C\CCCCCCCCCCCCCCCCCC(=O)NC(CO)C(O)/C=C/CC/C=C/CC/C=C/CCCCCCCCCCCCCCCCC. The molecule has 0 aromatic carbocycles. The summed E-state index contributed by atoms with van der Waals surface area (Å²) in [5, 5.41) is 23.2. The van der Waals surface area contributed by atoms with Crippen molar-refractivity contribution in [3.63, 3.8) is 0 Å². The lowest BCUT2D eigenvalue weighted by atomic mass is 10.0. The average molecular weight is 1020 g/mol. The van der Waals surface area contributed by atoms with Crippen LogP contribution in [0.2, 0.25) is 0 Å². The van der Waals surface area contributed by atoms with Crippen LogP contribution in [0.1, 0.15) is 296 Å². The molecule has 0 fully saturated rings. The van der Waals surface area contributed by atoms with E-state index in [2.05, 4.69) is 129 Å². The molecule has 2 unspecified atom stereocenters. The number of hydrogen-bond donors (Lipinski definition) is 3. The van der Waals surface area contributed by atoms with E-state index < -0.39 is 12.1 Å². The second-order valence-electron chi connectivity index (χ2n) is 21.1. The largest absolute Gasteiger partial charge is 0.394 e. The summed E-state index contributed by atoms with van der Waals surface area (Å²) in [4.78, 5) is 12.5. The van der Waals surface area contributed by atoms with Crippen LogP contribution in [0.3, 0.4) is 0 Å². The van der Waals surface area contributed by atoms with Gasteiger partial charge >= 0.3 is 0 Å². The van der Waals surface area contributed by atoms with Gasteiger partial charge in [0.1, 0.15) is 0 Å². The van der Waals surface area contributed by atoms with E-state index in [9.17, 15) is 15.0 Å². The maximum atomic E-state index is 12.5. The molecule has 0 saturated heterocycles. The predicted octanol–water partition coefficient (Wildman–Crippen LogP) is 21.6. The smallest absolute Gasteiger partial charge is 0.220 e. The summed E-state index contributed by atoms with van der Waals surface area (Å²) >= 11 is 0. The lowest BCUT2D eigenvalue weighted by Gasteiger charge is -2.19. The summed E-state index contributed by atoms with van der Waals surface area (Å²) in [6.07, 6.45) is 98.2. The van der Waals surface area contributed by atoms with Crippen LogP contribution in [0.5, 0.6) is 0 Å². The first-order valence-corrected chi connectivity index (χ1v) is 31.7. The summed E-state index contributed by atoms with van der Waals surface area (Å²) in [6.45, 7) is 4.19. The summed E-state index contributed by atoms with van der Waals surface area (Å²) in [5.74, 6) is -0.0798. The highest BCUT2D eigenvalue weighted by atomic mass is 16.3. The number of unbranched alkanes of at least 4 members (excludes halogenated alkanes) is 32. The van der Waals surface area contributed by atoms with Crippen LogP contribution in [-0.4, -0.2) is 34.9 Å². The van der Waals surface area contributed by atoms with Crippen molar-refractivity contribution in [2.45, 2.75) is 309 Å². The van der Waals surface area contributed by atoms with Crippen molar-refractivity contribution in [3.05, 3.63) is 122 Å². The number of amides is 1. The van der Waals surface area contributed by atoms with Crippen molar-refractivity contribution in [2.24, 2.45) is 0 Å². The number of carbonyl (C=O) groups is 1. The molecule has 0 aliphatic rings. The van der Waals surface area contributed by atoms with Crippen molar-refractivity contribution in [1.82, 2.24) is 5.32 Å². The fraction of sp³-hybridized carbons (Fsp3) is 0.700. The van der Waals surface area contributed by atoms with Gasteiger partial charge in [0.2, 0.25) is 5.91 Å². The molecular weight excluding hydrogens is 903 g/mol. The number of allylic oxidation sites excluding steroid dienone is 19. The quantitative estimate of drug-likeness (QED) is 0.0420. The van der Waals surface area contributed by atoms with Gasteiger partial charge < -0.3 is 15.5 Å². The number of aliphatic hydroxyl groups excluding tert-OH is 2. The van der Waals surface area contributed by atoms with Crippen LogP contribution in [0, 0.1) is 0 Å². The molecule has 0 rings (SSSR count). The van der Waals surface area contributed by atoms with Gasteiger partial charge in [0.05, 0.1) is 18.8 Å². The van der Waals surface area contributed by atoms with Crippen LogP contribution >= 0.6 is 0 Å². The van der Waals surface area contributed by atoms with Gasteiger partial charge in [-0.2, -0.15) is 0 Å². The van der Waals surface area contributed by atoms with E-state index in [1.54, 1.807) is 6.08 Å². The van der Waals surface area contributed by atoms with Gasteiger partial charge in [-0.25, -0.2) is 0 Å². The van der Waals surface area contributed by atoms with Crippen molar-refractivity contribution in [1.29, 1.82) is 0 Å². The van der Waals surface area contributed by atoms with E-state index in [1.807, 2.05) is 6.08 Å². The zero-order valence-electron chi connectivity index (χ0n) is 48.8. The minimum atomic E-state index is -0.878. The summed E-state index contributed by atoms with van der Waals surface area (Å²) in [6, 6.07) is -0.654. The van der Waals surface area contributed by atoms with Crippen molar-refractivity contribution in [2.75, 3.05) is 6.61 Å². The van der Waals surface area contributed by atoms with Crippen LogP contribution in [0.4, 0.5) is 0 Å². The predicted molar refractivity (Wildman–Crippen MR) is 331 cm³/mol. The Morgan fingerprint density at radius 1 is 0.338 bits per heavy atom. The lowest BCUT2D eigenvalue weighted by Crippen LogP contribution is -2.45. The van der Waals surface area contributed by atoms with Crippen LogP contribution < -0.4 is 5.32 Å². The Labute approximate surface area is 460 Å². The summed E-state index contributed by atoms with van der Waals surface area (Å²) < 4.78 is 0. The first kappa shape index (κ1) is 70.8. The van der Waals surface area contributed by atoms with E-state index >= 15 is 0 Å². The average Bonchev–Trinajstić information content (AvgIpc) is 3.40. The molecule has 0 saturated carbocycles. The van der Waals surface area contributed by atoms with Gasteiger partial charge in [-0.1, -0.05) is 309 Å². The molecule has 3 N–H and O–H groups in total. The van der Waals surface area contributed by atoms with E-state index in [0.717, 1.165) is 83.5 Å². The molecule has 1 amide bonds. The number of aliphatic hydroxyl groups is 2. The second-order valence-corrected chi connectivity index (χ2v) is 21.1. The van der Waals surface area contributed by atoms with Gasteiger partial charge in [-0.15, -0.1) is 0 Å². The maximum Gasteiger partial charge on any atom is 0.220 e. The monoisotopic (exact) mass is 1020 g/mol. The normalized spacial score (nSPS) is 13.6. The van der Waals surface area contributed by atoms with Gasteiger partial charge in [-0.3, -0.25) is 4.79 Å². The molecule has 74 heavy (non-hydrogen) atoms. The maximum absolute atomic E-state index is 12.5. The summed E-state index contributed by atoms with van der Waals surface area (Å²) in [7, 11) is 0. The first-order chi connectivity index (χ1) is 36.7. The first-order valence-electron chi connectivity index (χ1n) is 31.7. The molecule has 0 spiro atoms. The Hall–Kier alpha value is -3.21. The Bertz CT molecular complexity index is 1440. The van der Waals surface area contributed by atoms with Crippen molar-refractivity contribution in [3.8, 4) is 0 Å². The highest BCUT2D eigenvalue weighted by Gasteiger charge is 2.18. The number of rotatable bonds is 57. The molecule has 2 atom stereocenters. The molecule has 0 aromatic heterocycles. The molecule has 0 bridgehead atoms. The lowest BCUT2D eigenvalue weighted by molar-refractivity contribution is -0.123. The van der Waals surface area contributed by atoms with E-state index in [4.69, 9.17) is 0 Å². The fourth-order valence-electron chi connectivity index (χ4n) is 9.13. The third-order valence-electron chi connectivity index (χ3n) is 13.9. The minimum absolute atomic E-state index is 0.0798. The molecule has 0 aliphatic heterocycles. The zero-order valence-corrected chi connectivity index (χ0v) is 48.8. The number of nitrogens with one attached hydrogen (secondary N) is 1. The molecule has 0 radical (unpaired) electrons. The van der Waals surface area contributed by atoms with Crippen LogP contribution in [0.15, 0.2) is 122 Å². The number of carbonyl (C=O) groups excluding carboxylic acids is 1. The van der Waals surface area contributed by atoms with Crippen molar-refractivity contribution >= 4 is 5.91 Å². The van der Waals surface area contributed by atoms with Gasteiger partial charge in [0.25, 0.3) is 0 Å². The molecule has 0 aliphatic carbocycles. The van der Waals surface area contributed by atoms with Gasteiger partial charge in [0.15, 0.2) is 0 Å².